The number of nitrogens with zero attached hydrogens (tertiary/aromatic N) is 1. The van der Waals surface area contributed by atoms with Gasteiger partial charge in [0.05, 0.1) is 6.61 Å². The van der Waals surface area contributed by atoms with Crippen molar-refractivity contribution in [2.45, 2.75) is 19.3 Å². The van der Waals surface area contributed by atoms with Crippen LogP contribution in [-0.4, -0.2) is 22.8 Å². The maximum absolute atomic E-state index is 9.87. The van der Waals surface area contributed by atoms with Crippen molar-refractivity contribution in [3.63, 3.8) is 0 Å². The Morgan fingerprint density at radius 1 is 1.21 bits per heavy atom. The van der Waals surface area contributed by atoms with E-state index in [0.29, 0.717) is 18.9 Å². The molecule has 24 heavy (non-hydrogen) atoms. The van der Waals surface area contributed by atoms with E-state index in [9.17, 15) is 5.11 Å². The number of aromatic nitrogens is 1. The first-order valence-corrected chi connectivity index (χ1v) is 8.32. The van der Waals surface area contributed by atoms with Crippen LogP contribution >= 0.6 is 0 Å². The van der Waals surface area contributed by atoms with Gasteiger partial charge in [-0.1, -0.05) is 24.3 Å². The van der Waals surface area contributed by atoms with Crippen molar-refractivity contribution in [1.29, 1.82) is 0 Å². The summed E-state index contributed by atoms with van der Waals surface area (Å²) in [5, 5.41) is 11.1. The van der Waals surface area contributed by atoms with Crippen LogP contribution < -0.4 is 10.5 Å². The summed E-state index contributed by atoms with van der Waals surface area (Å²) in [7, 11) is 2.06. The van der Waals surface area contributed by atoms with Gasteiger partial charge in [0.25, 0.3) is 0 Å². The van der Waals surface area contributed by atoms with Crippen LogP contribution in [0.1, 0.15) is 24.0 Å². The molecular weight excluding hydrogens is 300 g/mol. The van der Waals surface area contributed by atoms with Crippen LogP contribution in [0.2, 0.25) is 0 Å². The number of rotatable bonds is 6. The number of hydrogen-bond donors (Lipinski definition) is 2. The third kappa shape index (κ3) is 3.10. The number of nitrogens with two attached hydrogens (primary N) is 1. The van der Waals surface area contributed by atoms with Gasteiger partial charge in [0.2, 0.25) is 0 Å². The normalized spacial score (nSPS) is 12.5. The van der Waals surface area contributed by atoms with Gasteiger partial charge < -0.3 is 20.1 Å². The van der Waals surface area contributed by atoms with E-state index in [0.717, 1.165) is 12.0 Å². The second-order valence-electron chi connectivity index (χ2n) is 6.08. The minimum atomic E-state index is 0.176. The summed E-state index contributed by atoms with van der Waals surface area (Å²) < 4.78 is 7.64. The molecule has 3 rings (SSSR count). The molecule has 0 aliphatic heterocycles. The van der Waals surface area contributed by atoms with Crippen molar-refractivity contribution in [2.75, 3.05) is 13.2 Å². The van der Waals surface area contributed by atoms with Gasteiger partial charge in [-0.2, -0.15) is 0 Å². The van der Waals surface area contributed by atoms with Crippen LogP contribution in [0, 0.1) is 0 Å². The van der Waals surface area contributed by atoms with Gasteiger partial charge in [-0.3, -0.25) is 0 Å². The standard InChI is InChI=1S/C20H24N2O2/c1-3-24-20-11-14(8-9-19(20)23)10-15(12-21)17-13-22(2)18-7-5-4-6-16(17)18/h4-9,11,13,15,23H,3,10,12,21H2,1-2H3. The van der Waals surface area contributed by atoms with Crippen molar-refractivity contribution in [3.8, 4) is 11.5 Å². The highest BCUT2D eigenvalue weighted by Crippen LogP contribution is 2.32. The molecule has 3 N–H and O–H groups in total. The first-order chi connectivity index (χ1) is 11.6. The van der Waals surface area contributed by atoms with Crippen molar-refractivity contribution < 1.29 is 9.84 Å². The molecule has 4 heteroatoms. The molecule has 3 aromatic rings. The topological polar surface area (TPSA) is 60.4 Å². The molecule has 126 valence electrons. The van der Waals surface area contributed by atoms with Gasteiger partial charge in [-0.05, 0) is 49.2 Å². The van der Waals surface area contributed by atoms with Crippen LogP contribution in [0.25, 0.3) is 10.9 Å². The van der Waals surface area contributed by atoms with Gasteiger partial charge in [-0.15, -0.1) is 0 Å². The fraction of sp³-hybridized carbons (Fsp3) is 0.300. The summed E-state index contributed by atoms with van der Waals surface area (Å²) in [5.41, 5.74) is 9.68. The Labute approximate surface area is 142 Å². The number of fused-ring (bicyclic) bond motifs is 1. The molecule has 1 atom stereocenters. The maximum atomic E-state index is 9.87. The number of hydrogen-bond acceptors (Lipinski definition) is 3. The highest BCUT2D eigenvalue weighted by molar-refractivity contribution is 5.84. The average Bonchev–Trinajstić information content (AvgIpc) is 2.93. The molecule has 0 saturated carbocycles. The molecule has 0 fully saturated rings. The van der Waals surface area contributed by atoms with E-state index in [1.807, 2.05) is 19.1 Å². The Kier molecular flexibility index (Phi) is 4.76. The van der Waals surface area contributed by atoms with E-state index in [-0.39, 0.29) is 11.7 Å². The fourth-order valence-electron chi connectivity index (χ4n) is 3.26. The third-order valence-electron chi connectivity index (χ3n) is 4.46. The molecule has 0 aliphatic carbocycles. The Balaban J connectivity index is 1.93. The fourth-order valence-corrected chi connectivity index (χ4v) is 3.26. The lowest BCUT2D eigenvalue weighted by molar-refractivity contribution is 0.317. The number of aromatic hydroxyl groups is 1. The van der Waals surface area contributed by atoms with E-state index in [1.54, 1.807) is 6.07 Å². The second kappa shape index (κ2) is 6.97. The molecular formula is C20H24N2O2. The van der Waals surface area contributed by atoms with Gasteiger partial charge in [0, 0.05) is 30.1 Å². The number of phenols is 1. The van der Waals surface area contributed by atoms with Gasteiger partial charge in [-0.25, -0.2) is 0 Å². The summed E-state index contributed by atoms with van der Waals surface area (Å²) in [4.78, 5) is 0. The lowest BCUT2D eigenvalue weighted by atomic mass is 9.91. The summed E-state index contributed by atoms with van der Waals surface area (Å²) in [6, 6.07) is 13.9. The quantitative estimate of drug-likeness (QED) is 0.729. The number of ether oxygens (including phenoxy) is 1. The van der Waals surface area contributed by atoms with E-state index >= 15 is 0 Å². The van der Waals surface area contributed by atoms with E-state index in [4.69, 9.17) is 10.5 Å². The largest absolute Gasteiger partial charge is 0.504 e. The highest BCUT2D eigenvalue weighted by Gasteiger charge is 2.17. The zero-order chi connectivity index (χ0) is 17.1. The number of phenolic OH excluding ortho intramolecular Hbond substituents is 1. The van der Waals surface area contributed by atoms with Crippen LogP contribution in [0.4, 0.5) is 0 Å². The first kappa shape index (κ1) is 16.4. The van der Waals surface area contributed by atoms with Crippen LogP contribution in [0.15, 0.2) is 48.7 Å². The summed E-state index contributed by atoms with van der Waals surface area (Å²) in [5.74, 6) is 0.925. The molecule has 0 radical (unpaired) electrons. The van der Waals surface area contributed by atoms with Crippen LogP contribution in [-0.2, 0) is 13.5 Å². The summed E-state index contributed by atoms with van der Waals surface area (Å²) in [6.45, 7) is 3.00. The van der Waals surface area contributed by atoms with E-state index in [1.165, 1.54) is 16.5 Å². The predicted molar refractivity (Wildman–Crippen MR) is 97.7 cm³/mol. The Morgan fingerprint density at radius 3 is 2.75 bits per heavy atom. The monoisotopic (exact) mass is 324 g/mol. The van der Waals surface area contributed by atoms with Crippen molar-refractivity contribution in [1.82, 2.24) is 4.57 Å². The molecule has 1 aromatic heterocycles. The van der Waals surface area contributed by atoms with E-state index < -0.39 is 0 Å². The minimum Gasteiger partial charge on any atom is -0.504 e. The highest BCUT2D eigenvalue weighted by atomic mass is 16.5. The van der Waals surface area contributed by atoms with Gasteiger partial charge in [0.15, 0.2) is 11.5 Å². The Hall–Kier alpha value is -2.46. The molecule has 0 aliphatic rings. The molecule has 1 heterocycles. The number of benzene rings is 2. The minimum absolute atomic E-state index is 0.176. The third-order valence-corrected chi connectivity index (χ3v) is 4.46. The van der Waals surface area contributed by atoms with Crippen molar-refractivity contribution in [3.05, 3.63) is 59.8 Å². The zero-order valence-electron chi connectivity index (χ0n) is 14.2. The van der Waals surface area contributed by atoms with Gasteiger partial charge in [0.1, 0.15) is 0 Å². The van der Waals surface area contributed by atoms with Crippen LogP contribution in [0.3, 0.4) is 0 Å². The number of aryl methyl sites for hydroxylation is 1. The SMILES string of the molecule is CCOc1cc(CC(CN)c2cn(C)c3ccccc23)ccc1O. The molecule has 2 aromatic carbocycles. The second-order valence-corrected chi connectivity index (χ2v) is 6.08. The zero-order valence-corrected chi connectivity index (χ0v) is 14.2. The average molecular weight is 324 g/mol. The summed E-state index contributed by atoms with van der Waals surface area (Å²) in [6.07, 6.45) is 2.98. The molecule has 4 nitrogen and oxygen atoms in total. The van der Waals surface area contributed by atoms with Crippen molar-refractivity contribution in [2.24, 2.45) is 12.8 Å². The molecule has 0 amide bonds. The van der Waals surface area contributed by atoms with Crippen molar-refractivity contribution >= 4 is 10.9 Å². The molecule has 0 bridgehead atoms. The predicted octanol–water partition coefficient (Wildman–Crippen LogP) is 3.57. The van der Waals surface area contributed by atoms with Gasteiger partial charge >= 0.3 is 0 Å². The smallest absolute Gasteiger partial charge is 0.161 e. The van der Waals surface area contributed by atoms with E-state index in [2.05, 4.69) is 42.1 Å². The Morgan fingerprint density at radius 2 is 2.00 bits per heavy atom. The Bertz CT molecular complexity index is 839. The summed E-state index contributed by atoms with van der Waals surface area (Å²) >= 11 is 0. The number of para-hydroxylation sites is 1. The molecule has 0 spiro atoms. The lowest BCUT2D eigenvalue weighted by Crippen LogP contribution is -2.15. The maximum Gasteiger partial charge on any atom is 0.161 e. The molecule has 1 unspecified atom stereocenters. The first-order valence-electron chi connectivity index (χ1n) is 8.32. The lowest BCUT2D eigenvalue weighted by Gasteiger charge is -2.16. The van der Waals surface area contributed by atoms with Crippen LogP contribution in [0.5, 0.6) is 11.5 Å². The molecule has 0 saturated heterocycles.